The van der Waals surface area contributed by atoms with Crippen molar-refractivity contribution in [3.63, 3.8) is 0 Å². The Morgan fingerprint density at radius 1 is 1.17 bits per heavy atom. The molecule has 1 fully saturated rings. The molecule has 1 saturated heterocycles. The van der Waals surface area contributed by atoms with Crippen LogP contribution in [0.15, 0.2) is 53.5 Å². The van der Waals surface area contributed by atoms with Crippen molar-refractivity contribution in [2.45, 2.75) is 38.0 Å². The van der Waals surface area contributed by atoms with E-state index in [1.54, 1.807) is 7.05 Å². The van der Waals surface area contributed by atoms with Gasteiger partial charge < -0.3 is 25.4 Å². The quantitative estimate of drug-likeness (QED) is 0.505. The van der Waals surface area contributed by atoms with Crippen LogP contribution in [0.25, 0.3) is 0 Å². The Morgan fingerprint density at radius 2 is 2.07 bits per heavy atom. The monoisotopic (exact) mass is 408 g/mol. The standard InChI is InChI=1S/C23H28N4O3/c1-24-23(26-15-19-13-17-7-2-3-9-20(17)30-19)25-14-16-6-4-8-18(12-16)27-22(28)21-10-5-11-29-21/h2-4,6-9,12,19,21H,5,10-11,13-15H2,1H3,(H,27,28)(H2,24,25,26). The van der Waals surface area contributed by atoms with Crippen molar-refractivity contribution in [2.24, 2.45) is 4.99 Å². The van der Waals surface area contributed by atoms with Gasteiger partial charge in [0.15, 0.2) is 5.96 Å². The minimum atomic E-state index is -0.334. The first-order chi connectivity index (χ1) is 14.7. The molecular weight excluding hydrogens is 380 g/mol. The highest BCUT2D eigenvalue weighted by Crippen LogP contribution is 2.27. The first-order valence-corrected chi connectivity index (χ1v) is 10.4. The lowest BCUT2D eigenvalue weighted by Crippen LogP contribution is -2.41. The van der Waals surface area contributed by atoms with Gasteiger partial charge in [-0.05, 0) is 42.2 Å². The molecular formula is C23H28N4O3. The second kappa shape index (κ2) is 9.63. The first kappa shape index (κ1) is 20.2. The average molecular weight is 409 g/mol. The summed E-state index contributed by atoms with van der Waals surface area (Å²) in [4.78, 5) is 16.5. The molecule has 0 spiro atoms. The number of para-hydroxylation sites is 1. The average Bonchev–Trinajstić information content (AvgIpc) is 3.44. The van der Waals surface area contributed by atoms with Crippen molar-refractivity contribution < 1.29 is 14.3 Å². The molecule has 2 aliphatic heterocycles. The summed E-state index contributed by atoms with van der Waals surface area (Å²) in [6.45, 7) is 1.92. The molecule has 1 amide bonds. The van der Waals surface area contributed by atoms with Crippen LogP contribution in [-0.2, 0) is 22.5 Å². The largest absolute Gasteiger partial charge is 0.488 e. The van der Waals surface area contributed by atoms with Crippen LogP contribution in [-0.4, -0.2) is 44.3 Å². The maximum Gasteiger partial charge on any atom is 0.253 e. The molecule has 30 heavy (non-hydrogen) atoms. The Bertz CT molecular complexity index is 884. The maximum atomic E-state index is 12.2. The van der Waals surface area contributed by atoms with E-state index in [9.17, 15) is 4.79 Å². The van der Waals surface area contributed by atoms with Gasteiger partial charge >= 0.3 is 0 Å². The van der Waals surface area contributed by atoms with E-state index in [0.29, 0.717) is 25.7 Å². The molecule has 0 aromatic heterocycles. The third kappa shape index (κ3) is 5.10. The lowest BCUT2D eigenvalue weighted by Gasteiger charge is -2.16. The zero-order chi connectivity index (χ0) is 20.8. The van der Waals surface area contributed by atoms with E-state index < -0.39 is 0 Å². The summed E-state index contributed by atoms with van der Waals surface area (Å²) in [6.07, 6.45) is 2.37. The van der Waals surface area contributed by atoms with Crippen molar-refractivity contribution in [1.29, 1.82) is 0 Å². The number of benzene rings is 2. The molecule has 2 heterocycles. The molecule has 7 nitrogen and oxygen atoms in total. The fourth-order valence-corrected chi connectivity index (χ4v) is 3.75. The third-order valence-corrected chi connectivity index (χ3v) is 5.31. The molecule has 7 heteroatoms. The topological polar surface area (TPSA) is 84.0 Å². The summed E-state index contributed by atoms with van der Waals surface area (Å²) in [6, 6.07) is 15.9. The summed E-state index contributed by atoms with van der Waals surface area (Å²) in [5, 5.41) is 9.58. The number of nitrogens with one attached hydrogen (secondary N) is 3. The van der Waals surface area contributed by atoms with Gasteiger partial charge in [-0.1, -0.05) is 30.3 Å². The molecule has 0 radical (unpaired) electrons. The van der Waals surface area contributed by atoms with Gasteiger partial charge in [-0.2, -0.15) is 0 Å². The number of carbonyl (C=O) groups excluding carboxylic acids is 1. The van der Waals surface area contributed by atoms with Gasteiger partial charge in [0.2, 0.25) is 0 Å². The van der Waals surface area contributed by atoms with Gasteiger partial charge in [0.25, 0.3) is 5.91 Å². The van der Waals surface area contributed by atoms with Crippen LogP contribution in [0.4, 0.5) is 5.69 Å². The number of fused-ring (bicyclic) bond motifs is 1. The maximum absolute atomic E-state index is 12.2. The molecule has 2 aliphatic rings. The molecule has 158 valence electrons. The number of guanidine groups is 1. The second-order valence-corrected chi connectivity index (χ2v) is 7.55. The lowest BCUT2D eigenvalue weighted by molar-refractivity contribution is -0.124. The van der Waals surface area contributed by atoms with Crippen LogP contribution in [0, 0.1) is 0 Å². The van der Waals surface area contributed by atoms with Crippen LogP contribution in [0.5, 0.6) is 5.75 Å². The van der Waals surface area contributed by atoms with Crippen molar-refractivity contribution >= 4 is 17.6 Å². The van der Waals surface area contributed by atoms with E-state index in [0.717, 1.165) is 36.3 Å². The number of aliphatic imine (C=N–C) groups is 1. The Morgan fingerprint density at radius 3 is 2.87 bits per heavy atom. The van der Waals surface area contributed by atoms with Crippen LogP contribution < -0.4 is 20.7 Å². The number of hydrogen-bond acceptors (Lipinski definition) is 4. The second-order valence-electron chi connectivity index (χ2n) is 7.55. The Hall–Kier alpha value is -3.06. The predicted octanol–water partition coefficient (Wildman–Crippen LogP) is 2.47. The van der Waals surface area contributed by atoms with Crippen LogP contribution in [0.2, 0.25) is 0 Å². The molecule has 2 aromatic rings. The van der Waals surface area contributed by atoms with Crippen molar-refractivity contribution in [2.75, 3.05) is 25.5 Å². The van der Waals surface area contributed by atoms with Crippen LogP contribution in [0.1, 0.15) is 24.0 Å². The number of ether oxygens (including phenoxy) is 2. The number of carbonyl (C=O) groups is 1. The molecule has 0 saturated carbocycles. The van der Waals surface area contributed by atoms with Gasteiger partial charge in [-0.3, -0.25) is 9.79 Å². The van der Waals surface area contributed by atoms with E-state index >= 15 is 0 Å². The fourth-order valence-electron chi connectivity index (χ4n) is 3.75. The van der Waals surface area contributed by atoms with E-state index in [1.165, 1.54) is 5.56 Å². The molecule has 3 N–H and O–H groups in total. The predicted molar refractivity (Wildman–Crippen MR) is 117 cm³/mol. The zero-order valence-electron chi connectivity index (χ0n) is 17.2. The molecule has 2 aromatic carbocycles. The molecule has 0 bridgehead atoms. The number of anilines is 1. The Kier molecular flexibility index (Phi) is 6.49. The number of rotatable bonds is 6. The highest BCUT2D eigenvalue weighted by Gasteiger charge is 2.24. The van der Waals surface area contributed by atoms with Crippen molar-refractivity contribution in [1.82, 2.24) is 10.6 Å². The molecule has 2 atom stereocenters. The first-order valence-electron chi connectivity index (χ1n) is 10.4. The van der Waals surface area contributed by atoms with Gasteiger partial charge in [-0.25, -0.2) is 0 Å². The van der Waals surface area contributed by atoms with E-state index in [1.807, 2.05) is 42.5 Å². The number of nitrogens with zero attached hydrogens (tertiary/aromatic N) is 1. The van der Waals surface area contributed by atoms with Gasteiger partial charge in [0.05, 0.1) is 6.54 Å². The zero-order valence-corrected chi connectivity index (χ0v) is 17.2. The van der Waals surface area contributed by atoms with E-state index in [4.69, 9.17) is 9.47 Å². The Balaban J connectivity index is 1.24. The summed E-state index contributed by atoms with van der Waals surface area (Å²) in [5.41, 5.74) is 3.07. The molecule has 0 aliphatic carbocycles. The van der Waals surface area contributed by atoms with Gasteiger partial charge in [-0.15, -0.1) is 0 Å². The summed E-state index contributed by atoms with van der Waals surface area (Å²) < 4.78 is 11.4. The smallest absolute Gasteiger partial charge is 0.253 e. The molecule has 4 rings (SSSR count). The summed E-state index contributed by atoms with van der Waals surface area (Å²) >= 11 is 0. The van der Waals surface area contributed by atoms with Gasteiger partial charge in [0.1, 0.15) is 18.0 Å². The SMILES string of the molecule is CN=C(NCc1cccc(NC(=O)C2CCCO2)c1)NCC1Cc2ccccc2O1. The lowest BCUT2D eigenvalue weighted by atomic mass is 10.1. The minimum absolute atomic E-state index is 0.0763. The highest BCUT2D eigenvalue weighted by molar-refractivity contribution is 5.94. The molecule has 2 unspecified atom stereocenters. The van der Waals surface area contributed by atoms with E-state index in [-0.39, 0.29) is 18.1 Å². The van der Waals surface area contributed by atoms with Crippen molar-refractivity contribution in [3.05, 3.63) is 59.7 Å². The fraction of sp³-hybridized carbons (Fsp3) is 0.391. The van der Waals surface area contributed by atoms with Crippen LogP contribution in [0.3, 0.4) is 0 Å². The third-order valence-electron chi connectivity index (χ3n) is 5.31. The number of amides is 1. The van der Waals surface area contributed by atoms with Crippen LogP contribution >= 0.6 is 0 Å². The number of hydrogen-bond donors (Lipinski definition) is 3. The van der Waals surface area contributed by atoms with Crippen molar-refractivity contribution in [3.8, 4) is 5.75 Å². The van der Waals surface area contributed by atoms with Gasteiger partial charge in [0, 0.05) is 32.3 Å². The summed E-state index contributed by atoms with van der Waals surface area (Å²) in [7, 11) is 1.75. The minimum Gasteiger partial charge on any atom is -0.488 e. The highest BCUT2D eigenvalue weighted by atomic mass is 16.5. The summed E-state index contributed by atoms with van der Waals surface area (Å²) in [5.74, 6) is 1.60. The normalized spacial score (nSPS) is 20.4. The van der Waals surface area contributed by atoms with E-state index in [2.05, 4.69) is 27.0 Å². The Labute approximate surface area is 176 Å².